The van der Waals surface area contributed by atoms with Crippen LogP contribution in [0.2, 0.25) is 5.02 Å². The minimum Gasteiger partial charge on any atom is -0.479 e. The van der Waals surface area contributed by atoms with Crippen LogP contribution in [0.4, 0.5) is 0 Å². The SMILES string of the molecule is CC(C#N)C(Oc1ccc(Cl)cc1)C(N)=O. The van der Waals surface area contributed by atoms with Gasteiger partial charge in [0.2, 0.25) is 0 Å². The fourth-order valence-corrected chi connectivity index (χ4v) is 1.26. The highest BCUT2D eigenvalue weighted by Gasteiger charge is 2.24. The van der Waals surface area contributed by atoms with Crippen molar-refractivity contribution in [2.45, 2.75) is 13.0 Å². The molecule has 4 nitrogen and oxygen atoms in total. The molecule has 1 aromatic rings. The van der Waals surface area contributed by atoms with Crippen LogP contribution in [-0.2, 0) is 4.79 Å². The smallest absolute Gasteiger partial charge is 0.259 e. The summed E-state index contributed by atoms with van der Waals surface area (Å²) in [4.78, 5) is 11.1. The molecule has 0 radical (unpaired) electrons. The summed E-state index contributed by atoms with van der Waals surface area (Å²) in [6, 6.07) is 8.41. The van der Waals surface area contributed by atoms with Crippen LogP contribution in [0.1, 0.15) is 6.92 Å². The van der Waals surface area contributed by atoms with Crippen molar-refractivity contribution in [3.8, 4) is 11.8 Å². The number of primary amides is 1. The first kappa shape index (κ1) is 12.3. The van der Waals surface area contributed by atoms with Crippen molar-refractivity contribution in [2.75, 3.05) is 0 Å². The van der Waals surface area contributed by atoms with Crippen LogP contribution in [0.5, 0.6) is 5.75 Å². The van der Waals surface area contributed by atoms with Gasteiger partial charge in [-0.15, -0.1) is 0 Å². The summed E-state index contributed by atoms with van der Waals surface area (Å²) in [6.07, 6.45) is -0.953. The first-order valence-electron chi connectivity index (χ1n) is 4.65. The van der Waals surface area contributed by atoms with E-state index >= 15 is 0 Å². The molecule has 0 saturated carbocycles. The van der Waals surface area contributed by atoms with Gasteiger partial charge in [0.25, 0.3) is 5.91 Å². The van der Waals surface area contributed by atoms with Gasteiger partial charge in [0.15, 0.2) is 6.10 Å². The fraction of sp³-hybridized carbons (Fsp3) is 0.273. The van der Waals surface area contributed by atoms with Crippen molar-refractivity contribution in [3.05, 3.63) is 29.3 Å². The minimum atomic E-state index is -0.953. The Morgan fingerprint density at radius 3 is 2.50 bits per heavy atom. The molecule has 0 saturated heterocycles. The molecule has 2 N–H and O–H groups in total. The molecule has 0 bridgehead atoms. The predicted molar refractivity (Wildman–Crippen MR) is 59.8 cm³/mol. The number of hydrogen-bond acceptors (Lipinski definition) is 3. The third-order valence-electron chi connectivity index (χ3n) is 2.01. The topological polar surface area (TPSA) is 76.1 Å². The molecule has 16 heavy (non-hydrogen) atoms. The van der Waals surface area contributed by atoms with Crippen molar-refractivity contribution in [2.24, 2.45) is 11.7 Å². The number of halogens is 1. The number of amides is 1. The lowest BCUT2D eigenvalue weighted by Crippen LogP contribution is -2.38. The monoisotopic (exact) mass is 238 g/mol. The zero-order valence-corrected chi connectivity index (χ0v) is 9.44. The Morgan fingerprint density at radius 2 is 2.06 bits per heavy atom. The van der Waals surface area contributed by atoms with Crippen molar-refractivity contribution >= 4 is 17.5 Å². The van der Waals surface area contributed by atoms with Gasteiger partial charge in [0.1, 0.15) is 5.75 Å². The number of nitrogens with two attached hydrogens (primary N) is 1. The Labute approximate surface area is 98.6 Å². The Balaban J connectivity index is 2.80. The molecule has 0 aliphatic carbocycles. The van der Waals surface area contributed by atoms with Gasteiger partial charge >= 0.3 is 0 Å². The number of rotatable bonds is 4. The van der Waals surface area contributed by atoms with Gasteiger partial charge in [-0.05, 0) is 31.2 Å². The molecule has 2 atom stereocenters. The summed E-state index contributed by atoms with van der Waals surface area (Å²) in [6.45, 7) is 1.57. The fourth-order valence-electron chi connectivity index (χ4n) is 1.13. The van der Waals surface area contributed by atoms with Crippen molar-refractivity contribution < 1.29 is 9.53 Å². The summed E-state index contributed by atoms with van der Waals surface area (Å²) >= 11 is 5.70. The van der Waals surface area contributed by atoms with Gasteiger partial charge in [-0.2, -0.15) is 5.26 Å². The second kappa shape index (κ2) is 5.38. The predicted octanol–water partition coefficient (Wildman–Crippen LogP) is 1.73. The first-order valence-corrected chi connectivity index (χ1v) is 5.03. The lowest BCUT2D eigenvalue weighted by atomic mass is 10.1. The van der Waals surface area contributed by atoms with E-state index in [0.717, 1.165) is 0 Å². The van der Waals surface area contributed by atoms with Crippen LogP contribution in [0.3, 0.4) is 0 Å². The van der Waals surface area contributed by atoms with Crippen LogP contribution in [0.15, 0.2) is 24.3 Å². The van der Waals surface area contributed by atoms with Crippen LogP contribution in [0.25, 0.3) is 0 Å². The first-order chi connectivity index (χ1) is 7.54. The van der Waals surface area contributed by atoms with E-state index in [2.05, 4.69) is 0 Å². The normalized spacial score (nSPS) is 13.6. The molecule has 0 heterocycles. The van der Waals surface area contributed by atoms with Crippen molar-refractivity contribution in [3.63, 3.8) is 0 Å². The zero-order valence-electron chi connectivity index (χ0n) is 8.68. The van der Waals surface area contributed by atoms with Gasteiger partial charge in [-0.3, -0.25) is 4.79 Å². The maximum Gasteiger partial charge on any atom is 0.259 e. The Hall–Kier alpha value is -1.73. The Bertz CT molecular complexity index is 411. The molecule has 84 valence electrons. The molecule has 0 aromatic heterocycles. The lowest BCUT2D eigenvalue weighted by Gasteiger charge is -2.17. The number of carbonyl (C=O) groups excluding carboxylic acids is 1. The highest BCUT2D eigenvalue weighted by Crippen LogP contribution is 2.18. The van der Waals surface area contributed by atoms with E-state index in [1.807, 2.05) is 6.07 Å². The molecule has 0 fully saturated rings. The molecule has 0 aliphatic heterocycles. The van der Waals surface area contributed by atoms with Gasteiger partial charge in [0.05, 0.1) is 12.0 Å². The largest absolute Gasteiger partial charge is 0.479 e. The molecule has 2 unspecified atom stereocenters. The molecule has 5 heteroatoms. The van der Waals surface area contributed by atoms with E-state index in [1.165, 1.54) is 0 Å². The van der Waals surface area contributed by atoms with Gasteiger partial charge in [-0.25, -0.2) is 0 Å². The summed E-state index contributed by atoms with van der Waals surface area (Å²) < 4.78 is 5.33. The van der Waals surface area contributed by atoms with Crippen LogP contribution < -0.4 is 10.5 Å². The number of hydrogen-bond donors (Lipinski definition) is 1. The molecule has 1 amide bonds. The van der Waals surface area contributed by atoms with Crippen LogP contribution in [-0.4, -0.2) is 12.0 Å². The number of ether oxygens (including phenoxy) is 1. The number of benzene rings is 1. The van der Waals surface area contributed by atoms with E-state index in [1.54, 1.807) is 31.2 Å². The minimum absolute atomic E-state index is 0.454. The molecule has 0 spiro atoms. The van der Waals surface area contributed by atoms with E-state index in [4.69, 9.17) is 27.3 Å². The highest BCUT2D eigenvalue weighted by molar-refractivity contribution is 6.30. The standard InChI is InChI=1S/C11H11ClN2O2/c1-7(6-13)10(11(14)15)16-9-4-2-8(12)3-5-9/h2-5,7,10H,1H3,(H2,14,15). The quantitative estimate of drug-likeness (QED) is 0.868. The number of carbonyl (C=O) groups is 1. The number of nitriles is 1. The maximum absolute atomic E-state index is 11.1. The summed E-state index contributed by atoms with van der Waals surface area (Å²) in [5.41, 5.74) is 5.15. The van der Waals surface area contributed by atoms with Crippen LogP contribution >= 0.6 is 11.6 Å². The third-order valence-corrected chi connectivity index (χ3v) is 2.27. The lowest BCUT2D eigenvalue weighted by molar-refractivity contribution is -0.125. The highest BCUT2D eigenvalue weighted by atomic mass is 35.5. The number of nitrogens with zero attached hydrogens (tertiary/aromatic N) is 1. The average Bonchev–Trinajstić information content (AvgIpc) is 2.27. The van der Waals surface area contributed by atoms with Crippen LogP contribution in [0, 0.1) is 17.2 Å². The summed E-state index contributed by atoms with van der Waals surface area (Å²) in [5.74, 6) is -0.813. The van der Waals surface area contributed by atoms with E-state index in [9.17, 15) is 4.79 Å². The summed E-state index contributed by atoms with van der Waals surface area (Å²) in [5, 5.41) is 9.28. The average molecular weight is 239 g/mol. The van der Waals surface area contributed by atoms with Gasteiger partial charge < -0.3 is 10.5 Å². The third kappa shape index (κ3) is 3.14. The van der Waals surface area contributed by atoms with Gasteiger partial charge in [-0.1, -0.05) is 11.6 Å². The Kier molecular flexibility index (Phi) is 4.15. The molecule has 0 aliphatic rings. The molecular formula is C11H11ClN2O2. The van der Waals surface area contributed by atoms with E-state index in [0.29, 0.717) is 10.8 Å². The maximum atomic E-state index is 11.1. The summed E-state index contributed by atoms with van der Waals surface area (Å²) in [7, 11) is 0. The second-order valence-corrected chi connectivity index (χ2v) is 3.75. The van der Waals surface area contributed by atoms with E-state index < -0.39 is 17.9 Å². The van der Waals surface area contributed by atoms with Crippen molar-refractivity contribution in [1.82, 2.24) is 0 Å². The molecular weight excluding hydrogens is 228 g/mol. The second-order valence-electron chi connectivity index (χ2n) is 3.31. The zero-order chi connectivity index (χ0) is 12.1. The van der Waals surface area contributed by atoms with Gasteiger partial charge in [0, 0.05) is 5.02 Å². The molecule has 1 rings (SSSR count). The van der Waals surface area contributed by atoms with E-state index in [-0.39, 0.29) is 0 Å². The Morgan fingerprint density at radius 1 is 1.50 bits per heavy atom. The molecule has 1 aromatic carbocycles. The van der Waals surface area contributed by atoms with Crippen molar-refractivity contribution in [1.29, 1.82) is 5.26 Å².